The molecule has 3 rings (SSSR count). The van der Waals surface area contributed by atoms with E-state index in [1.165, 1.54) is 17.4 Å². The van der Waals surface area contributed by atoms with Crippen LogP contribution in [0.3, 0.4) is 0 Å². The summed E-state index contributed by atoms with van der Waals surface area (Å²) in [5, 5.41) is 3.33. The fourth-order valence-corrected chi connectivity index (χ4v) is 4.91. The van der Waals surface area contributed by atoms with Crippen molar-refractivity contribution in [3.63, 3.8) is 0 Å². The Bertz CT molecular complexity index is 746. The molecule has 26 heavy (non-hydrogen) atoms. The number of nitrogens with zero attached hydrogens (tertiary/aromatic N) is 2. The number of hydrogen-bond acceptors (Lipinski definition) is 4. The second kappa shape index (κ2) is 8.88. The highest BCUT2D eigenvalue weighted by Gasteiger charge is 2.42. The minimum absolute atomic E-state index is 0. The van der Waals surface area contributed by atoms with E-state index in [1.54, 1.807) is 7.05 Å². The fourth-order valence-electron chi connectivity index (χ4n) is 3.67. The number of nitrogens with one attached hydrogen (secondary N) is 1. The van der Waals surface area contributed by atoms with Crippen molar-refractivity contribution in [2.75, 3.05) is 39.6 Å². The normalized spacial score (nSPS) is 20.1. The number of hydrogen-bond donors (Lipinski definition) is 1. The molecule has 0 atom stereocenters. The maximum Gasteiger partial charge on any atom is 0.194 e. The molecule has 0 spiro atoms. The van der Waals surface area contributed by atoms with Crippen molar-refractivity contribution in [1.82, 2.24) is 10.2 Å². The minimum atomic E-state index is -3.19. The lowest BCUT2D eigenvalue weighted by Gasteiger charge is -2.38. The average Bonchev–Trinajstić information content (AvgIpc) is 2.62. The van der Waals surface area contributed by atoms with Crippen molar-refractivity contribution in [1.29, 1.82) is 0 Å². The molecule has 1 N–H and O–H groups in total. The van der Waals surface area contributed by atoms with E-state index in [4.69, 9.17) is 4.74 Å². The van der Waals surface area contributed by atoms with Gasteiger partial charge in [-0.15, -0.1) is 24.0 Å². The van der Waals surface area contributed by atoms with Crippen LogP contribution in [0.5, 0.6) is 0 Å². The molecule has 2 aliphatic heterocycles. The molecule has 0 aliphatic carbocycles. The Hall–Kier alpha value is -0.870. The predicted octanol–water partition coefficient (Wildman–Crippen LogP) is 1.83. The van der Waals surface area contributed by atoms with Crippen molar-refractivity contribution in [2.24, 2.45) is 4.99 Å². The molecular formula is C18H28IN3O3S. The van der Waals surface area contributed by atoms with E-state index in [0.29, 0.717) is 32.6 Å². The van der Waals surface area contributed by atoms with Crippen molar-refractivity contribution in [2.45, 2.75) is 30.6 Å². The van der Waals surface area contributed by atoms with E-state index < -0.39 is 14.6 Å². The maximum atomic E-state index is 12.4. The van der Waals surface area contributed by atoms with Gasteiger partial charge in [-0.3, -0.25) is 4.99 Å². The van der Waals surface area contributed by atoms with Gasteiger partial charge < -0.3 is 15.0 Å². The third kappa shape index (κ3) is 4.51. The first-order chi connectivity index (χ1) is 12.0. The molecule has 146 valence electrons. The number of rotatable bonds is 3. The summed E-state index contributed by atoms with van der Waals surface area (Å²) in [5.41, 5.74) is 2.69. The van der Waals surface area contributed by atoms with Crippen LogP contribution in [0.1, 0.15) is 24.0 Å². The van der Waals surface area contributed by atoms with Gasteiger partial charge in [0.1, 0.15) is 0 Å². The average molecular weight is 493 g/mol. The molecule has 0 unspecified atom stereocenters. The van der Waals surface area contributed by atoms with E-state index in [0.717, 1.165) is 25.5 Å². The van der Waals surface area contributed by atoms with Gasteiger partial charge in [0, 0.05) is 46.2 Å². The Balaban J connectivity index is 0.00000243. The Morgan fingerprint density at radius 3 is 2.54 bits per heavy atom. The Labute approximate surface area is 173 Å². The summed E-state index contributed by atoms with van der Waals surface area (Å²) in [5.74, 6) is 0.768. The zero-order chi connectivity index (χ0) is 17.9. The first kappa shape index (κ1) is 21.4. The van der Waals surface area contributed by atoms with Crippen LogP contribution < -0.4 is 5.32 Å². The number of sulfone groups is 1. The van der Waals surface area contributed by atoms with E-state index >= 15 is 0 Å². The Morgan fingerprint density at radius 1 is 1.27 bits per heavy atom. The van der Waals surface area contributed by atoms with Crippen LogP contribution in [0.15, 0.2) is 29.3 Å². The maximum absolute atomic E-state index is 12.4. The molecule has 0 amide bonds. The number of halogens is 1. The van der Waals surface area contributed by atoms with Gasteiger partial charge in [-0.25, -0.2) is 8.42 Å². The highest BCUT2D eigenvalue weighted by Crippen LogP contribution is 2.29. The molecule has 0 bridgehead atoms. The van der Waals surface area contributed by atoms with E-state index in [1.807, 2.05) is 0 Å². The Morgan fingerprint density at radius 2 is 1.92 bits per heavy atom. The van der Waals surface area contributed by atoms with E-state index in [-0.39, 0.29) is 24.0 Å². The topological polar surface area (TPSA) is 71.0 Å². The molecule has 2 aliphatic rings. The standard InChI is InChI=1S/C18H27N3O3S.HI/c1-19-17(21-10-7-15-5-3-4-6-16(15)13-21)20-14-18(25(2,22)23)8-11-24-12-9-18;/h3-6H,7-14H2,1-2H3,(H,19,20);1H. The smallest absolute Gasteiger partial charge is 0.194 e. The largest absolute Gasteiger partial charge is 0.381 e. The number of aliphatic imine (C=N–C) groups is 1. The van der Waals surface area contributed by atoms with Gasteiger partial charge >= 0.3 is 0 Å². The van der Waals surface area contributed by atoms with Crippen LogP contribution in [-0.4, -0.2) is 63.6 Å². The summed E-state index contributed by atoms with van der Waals surface area (Å²) in [4.78, 5) is 6.58. The number of fused-ring (bicyclic) bond motifs is 1. The van der Waals surface area contributed by atoms with Crippen LogP contribution in [-0.2, 0) is 27.5 Å². The van der Waals surface area contributed by atoms with Gasteiger partial charge in [0.05, 0.1) is 4.75 Å². The molecule has 2 heterocycles. The first-order valence-electron chi connectivity index (χ1n) is 8.75. The lowest BCUT2D eigenvalue weighted by atomic mass is 9.98. The number of benzene rings is 1. The summed E-state index contributed by atoms with van der Waals surface area (Å²) in [6.45, 7) is 3.03. The third-order valence-corrected chi connectivity index (χ3v) is 7.53. The van der Waals surface area contributed by atoms with Crippen LogP contribution in [0.25, 0.3) is 0 Å². The summed E-state index contributed by atoms with van der Waals surface area (Å²) in [6, 6.07) is 8.44. The molecular weight excluding hydrogens is 465 g/mol. The predicted molar refractivity (Wildman–Crippen MR) is 115 cm³/mol. The van der Waals surface area contributed by atoms with Crippen molar-refractivity contribution >= 4 is 39.8 Å². The van der Waals surface area contributed by atoms with Gasteiger partial charge in [-0.2, -0.15) is 0 Å². The van der Waals surface area contributed by atoms with Crippen LogP contribution in [0, 0.1) is 0 Å². The van der Waals surface area contributed by atoms with E-state index in [9.17, 15) is 8.42 Å². The molecule has 0 aromatic heterocycles. The molecule has 1 aromatic rings. The van der Waals surface area contributed by atoms with Crippen molar-refractivity contribution in [3.05, 3.63) is 35.4 Å². The number of guanidine groups is 1. The molecule has 0 saturated carbocycles. The zero-order valence-corrected chi connectivity index (χ0v) is 18.5. The molecule has 1 aromatic carbocycles. The van der Waals surface area contributed by atoms with Gasteiger partial charge in [0.15, 0.2) is 15.8 Å². The van der Waals surface area contributed by atoms with Crippen LogP contribution >= 0.6 is 24.0 Å². The van der Waals surface area contributed by atoms with Gasteiger partial charge in [-0.05, 0) is 30.4 Å². The second-order valence-corrected chi connectivity index (χ2v) is 9.32. The highest BCUT2D eigenvalue weighted by atomic mass is 127. The molecule has 0 radical (unpaired) electrons. The lowest BCUT2D eigenvalue weighted by molar-refractivity contribution is 0.0754. The Kier molecular flexibility index (Phi) is 7.32. The van der Waals surface area contributed by atoms with Crippen LogP contribution in [0.2, 0.25) is 0 Å². The highest BCUT2D eigenvalue weighted by molar-refractivity contribution is 14.0. The summed E-state index contributed by atoms with van der Waals surface area (Å²) in [6.07, 6.45) is 3.36. The zero-order valence-electron chi connectivity index (χ0n) is 15.4. The third-order valence-electron chi connectivity index (χ3n) is 5.40. The quantitative estimate of drug-likeness (QED) is 0.396. The minimum Gasteiger partial charge on any atom is -0.381 e. The van der Waals surface area contributed by atoms with E-state index in [2.05, 4.69) is 39.5 Å². The monoisotopic (exact) mass is 493 g/mol. The second-order valence-electron chi connectivity index (χ2n) is 6.91. The van der Waals surface area contributed by atoms with Crippen molar-refractivity contribution < 1.29 is 13.2 Å². The fraction of sp³-hybridized carbons (Fsp3) is 0.611. The molecule has 8 heteroatoms. The lowest BCUT2D eigenvalue weighted by Crippen LogP contribution is -2.54. The van der Waals surface area contributed by atoms with Gasteiger partial charge in [0.2, 0.25) is 0 Å². The molecule has 1 fully saturated rings. The van der Waals surface area contributed by atoms with Gasteiger partial charge in [-0.1, -0.05) is 24.3 Å². The van der Waals surface area contributed by atoms with Crippen molar-refractivity contribution in [3.8, 4) is 0 Å². The van der Waals surface area contributed by atoms with Crippen LogP contribution in [0.4, 0.5) is 0 Å². The molecule has 6 nitrogen and oxygen atoms in total. The summed E-state index contributed by atoms with van der Waals surface area (Å²) in [7, 11) is -1.44. The summed E-state index contributed by atoms with van der Waals surface area (Å²) >= 11 is 0. The summed E-state index contributed by atoms with van der Waals surface area (Å²) < 4.78 is 29.4. The van der Waals surface area contributed by atoms with Gasteiger partial charge in [0.25, 0.3) is 0 Å². The molecule has 1 saturated heterocycles. The number of ether oxygens (including phenoxy) is 1. The SMILES string of the molecule is CN=C(NCC1(S(C)(=O)=O)CCOCC1)N1CCc2ccccc2C1.I. The first-order valence-corrected chi connectivity index (χ1v) is 10.6.